The van der Waals surface area contributed by atoms with Crippen molar-refractivity contribution < 1.29 is 9.18 Å². The SMILES string of the molecule is CC(F)C(C)C(=O)C(C)(C)C. The zero-order chi connectivity index (χ0) is 9.23. The van der Waals surface area contributed by atoms with Gasteiger partial charge in [-0.05, 0) is 6.92 Å². The van der Waals surface area contributed by atoms with Crippen molar-refractivity contribution in [3.8, 4) is 0 Å². The van der Waals surface area contributed by atoms with Gasteiger partial charge in [-0.15, -0.1) is 0 Å². The molecular weight excluding hydrogens is 143 g/mol. The monoisotopic (exact) mass is 160 g/mol. The van der Waals surface area contributed by atoms with Gasteiger partial charge in [0.1, 0.15) is 12.0 Å². The van der Waals surface area contributed by atoms with E-state index in [4.69, 9.17) is 0 Å². The van der Waals surface area contributed by atoms with Crippen molar-refractivity contribution in [1.29, 1.82) is 0 Å². The molecule has 11 heavy (non-hydrogen) atoms. The summed E-state index contributed by atoms with van der Waals surface area (Å²) in [6.45, 7) is 8.50. The van der Waals surface area contributed by atoms with E-state index in [2.05, 4.69) is 0 Å². The molecule has 0 N–H and O–H groups in total. The second-order valence-corrected chi connectivity index (χ2v) is 4.08. The zero-order valence-corrected chi connectivity index (χ0v) is 7.94. The van der Waals surface area contributed by atoms with Gasteiger partial charge in [0.25, 0.3) is 0 Å². The number of hydrogen-bond acceptors (Lipinski definition) is 1. The maximum absolute atomic E-state index is 12.7. The number of alkyl halides is 1. The predicted molar refractivity (Wildman–Crippen MR) is 44.2 cm³/mol. The van der Waals surface area contributed by atoms with Crippen LogP contribution in [0.4, 0.5) is 4.39 Å². The molecule has 2 unspecified atom stereocenters. The second kappa shape index (κ2) is 3.33. The topological polar surface area (TPSA) is 17.1 Å². The first-order valence-corrected chi connectivity index (χ1v) is 3.95. The lowest BCUT2D eigenvalue weighted by molar-refractivity contribution is -0.131. The highest BCUT2D eigenvalue weighted by Gasteiger charge is 2.29. The van der Waals surface area contributed by atoms with Crippen molar-refractivity contribution in [3.05, 3.63) is 0 Å². The normalized spacial score (nSPS) is 17.6. The molecule has 0 aliphatic heterocycles. The maximum atomic E-state index is 12.7. The fraction of sp³-hybridized carbons (Fsp3) is 0.889. The molecule has 0 aliphatic carbocycles. The Balaban J connectivity index is 4.26. The molecule has 0 rings (SSSR count). The van der Waals surface area contributed by atoms with Gasteiger partial charge in [-0.25, -0.2) is 4.39 Å². The van der Waals surface area contributed by atoms with Crippen LogP contribution in [-0.2, 0) is 4.79 Å². The van der Waals surface area contributed by atoms with Crippen molar-refractivity contribution in [2.75, 3.05) is 0 Å². The van der Waals surface area contributed by atoms with Gasteiger partial charge in [0.2, 0.25) is 0 Å². The summed E-state index contributed by atoms with van der Waals surface area (Å²) in [6.07, 6.45) is -1.04. The second-order valence-electron chi connectivity index (χ2n) is 4.08. The van der Waals surface area contributed by atoms with Crippen molar-refractivity contribution in [3.63, 3.8) is 0 Å². The molecule has 0 spiro atoms. The number of carbonyl (C=O) groups excluding carboxylic acids is 1. The molecule has 0 saturated carbocycles. The summed E-state index contributed by atoms with van der Waals surface area (Å²) in [7, 11) is 0. The van der Waals surface area contributed by atoms with E-state index < -0.39 is 17.5 Å². The van der Waals surface area contributed by atoms with Gasteiger partial charge in [-0.3, -0.25) is 4.79 Å². The van der Waals surface area contributed by atoms with Crippen molar-refractivity contribution >= 4 is 5.78 Å². The summed E-state index contributed by atoms with van der Waals surface area (Å²) < 4.78 is 12.7. The number of ketones is 1. The molecule has 1 nitrogen and oxygen atoms in total. The summed E-state index contributed by atoms with van der Waals surface area (Å²) >= 11 is 0. The smallest absolute Gasteiger partial charge is 0.143 e. The third-order valence-electron chi connectivity index (χ3n) is 1.84. The van der Waals surface area contributed by atoms with Crippen molar-refractivity contribution in [2.45, 2.75) is 40.8 Å². The van der Waals surface area contributed by atoms with E-state index in [0.717, 1.165) is 0 Å². The van der Waals surface area contributed by atoms with Crippen LogP contribution in [0.5, 0.6) is 0 Å². The Hall–Kier alpha value is -0.400. The minimum Gasteiger partial charge on any atom is -0.299 e. The Morgan fingerprint density at radius 2 is 1.64 bits per heavy atom. The van der Waals surface area contributed by atoms with Crippen LogP contribution in [0, 0.1) is 11.3 Å². The van der Waals surface area contributed by atoms with Crippen LogP contribution in [0.2, 0.25) is 0 Å². The third kappa shape index (κ3) is 3.00. The lowest BCUT2D eigenvalue weighted by atomic mass is 9.82. The van der Waals surface area contributed by atoms with E-state index in [1.807, 2.05) is 20.8 Å². The molecule has 2 atom stereocenters. The summed E-state index contributed by atoms with van der Waals surface area (Å²) in [6, 6.07) is 0. The van der Waals surface area contributed by atoms with Gasteiger partial charge in [0.15, 0.2) is 0 Å². The minimum atomic E-state index is -1.04. The Kier molecular flexibility index (Phi) is 3.21. The lowest BCUT2D eigenvalue weighted by Crippen LogP contribution is -2.31. The van der Waals surface area contributed by atoms with Gasteiger partial charge >= 0.3 is 0 Å². The number of rotatable bonds is 2. The Morgan fingerprint density at radius 1 is 1.27 bits per heavy atom. The van der Waals surface area contributed by atoms with E-state index in [1.165, 1.54) is 6.92 Å². The molecule has 0 saturated heterocycles. The van der Waals surface area contributed by atoms with Gasteiger partial charge in [0, 0.05) is 11.3 Å². The standard InChI is InChI=1S/C9H17FO/c1-6(7(2)10)8(11)9(3,4)5/h6-7H,1-5H3. The molecule has 2 heteroatoms. The molecular formula is C9H17FO. The fourth-order valence-electron chi connectivity index (χ4n) is 0.892. The summed E-state index contributed by atoms with van der Waals surface area (Å²) in [5.41, 5.74) is -0.417. The van der Waals surface area contributed by atoms with Crippen LogP contribution in [0.15, 0.2) is 0 Å². The molecule has 0 radical (unpaired) electrons. The van der Waals surface area contributed by atoms with E-state index in [1.54, 1.807) is 6.92 Å². The number of Topliss-reactive ketones (excluding diaryl/α,β-unsaturated/α-hetero) is 1. The minimum absolute atomic E-state index is 0.00694. The van der Waals surface area contributed by atoms with Gasteiger partial charge in [-0.1, -0.05) is 27.7 Å². The highest BCUT2D eigenvalue weighted by atomic mass is 19.1. The number of hydrogen-bond donors (Lipinski definition) is 0. The van der Waals surface area contributed by atoms with Crippen LogP contribution in [0.3, 0.4) is 0 Å². The predicted octanol–water partition coefficient (Wildman–Crippen LogP) is 2.60. The summed E-state index contributed by atoms with van der Waals surface area (Å²) in [5.74, 6) is -0.484. The van der Waals surface area contributed by atoms with Gasteiger partial charge in [0.05, 0.1) is 0 Å². The van der Waals surface area contributed by atoms with E-state index >= 15 is 0 Å². The van der Waals surface area contributed by atoms with Crippen LogP contribution >= 0.6 is 0 Å². The summed E-state index contributed by atoms with van der Waals surface area (Å²) in [4.78, 5) is 11.4. The van der Waals surface area contributed by atoms with Crippen LogP contribution < -0.4 is 0 Å². The molecule has 0 aliphatic rings. The first-order chi connectivity index (χ1) is 4.76. The molecule has 0 amide bonds. The highest BCUT2D eigenvalue weighted by Crippen LogP contribution is 2.22. The molecule has 0 heterocycles. The third-order valence-corrected chi connectivity index (χ3v) is 1.84. The average molecular weight is 160 g/mol. The zero-order valence-electron chi connectivity index (χ0n) is 7.94. The molecule has 66 valence electrons. The molecule has 0 aromatic heterocycles. The molecule has 0 fully saturated rings. The Bertz CT molecular complexity index is 144. The van der Waals surface area contributed by atoms with Crippen LogP contribution in [0.25, 0.3) is 0 Å². The average Bonchev–Trinajstić information content (AvgIpc) is 1.82. The fourth-order valence-corrected chi connectivity index (χ4v) is 0.892. The lowest BCUT2D eigenvalue weighted by Gasteiger charge is -2.22. The Labute approximate surface area is 68.0 Å². The molecule has 0 aromatic rings. The Morgan fingerprint density at radius 3 is 1.73 bits per heavy atom. The number of halogens is 1. The van der Waals surface area contributed by atoms with Gasteiger partial charge in [-0.2, -0.15) is 0 Å². The highest BCUT2D eigenvalue weighted by molar-refractivity contribution is 5.86. The van der Waals surface area contributed by atoms with Gasteiger partial charge < -0.3 is 0 Å². The van der Waals surface area contributed by atoms with E-state index in [0.29, 0.717) is 0 Å². The van der Waals surface area contributed by atoms with E-state index in [-0.39, 0.29) is 5.78 Å². The molecule has 0 aromatic carbocycles. The number of carbonyl (C=O) groups is 1. The van der Waals surface area contributed by atoms with E-state index in [9.17, 15) is 9.18 Å². The maximum Gasteiger partial charge on any atom is 0.143 e. The van der Waals surface area contributed by atoms with Crippen molar-refractivity contribution in [2.24, 2.45) is 11.3 Å². The largest absolute Gasteiger partial charge is 0.299 e. The first kappa shape index (κ1) is 10.6. The van der Waals surface area contributed by atoms with Crippen molar-refractivity contribution in [1.82, 2.24) is 0 Å². The molecule has 0 bridgehead atoms. The van der Waals surface area contributed by atoms with Crippen LogP contribution in [-0.4, -0.2) is 12.0 Å². The first-order valence-electron chi connectivity index (χ1n) is 3.95. The van der Waals surface area contributed by atoms with Crippen LogP contribution in [0.1, 0.15) is 34.6 Å². The quantitative estimate of drug-likeness (QED) is 0.606. The summed E-state index contributed by atoms with van der Waals surface area (Å²) in [5, 5.41) is 0.